The van der Waals surface area contributed by atoms with Crippen molar-refractivity contribution in [2.45, 2.75) is 37.6 Å². The number of anilines is 1. The first kappa shape index (κ1) is 19.4. The number of carbonyl (C=O) groups excluding carboxylic acids is 1. The predicted octanol–water partition coefficient (Wildman–Crippen LogP) is 3.19. The van der Waals surface area contributed by atoms with Crippen molar-refractivity contribution in [2.75, 3.05) is 19.5 Å². The Bertz CT molecular complexity index is 951. The monoisotopic (exact) mass is 392 g/mol. The molecule has 0 radical (unpaired) electrons. The Morgan fingerprint density at radius 2 is 2.04 bits per heavy atom. The Morgan fingerprint density at radius 1 is 1.33 bits per heavy atom. The molecular weight excluding hydrogens is 368 g/mol. The van der Waals surface area contributed by atoms with Crippen LogP contribution in [0.1, 0.15) is 37.7 Å². The number of sulfonamides is 1. The Labute approximate surface area is 159 Å². The number of hydrogen-bond donors (Lipinski definition) is 1. The third-order valence-corrected chi connectivity index (χ3v) is 6.53. The summed E-state index contributed by atoms with van der Waals surface area (Å²) in [6, 6.07) is 8.24. The molecule has 1 heterocycles. The second kappa shape index (κ2) is 7.36. The number of rotatable bonds is 7. The second-order valence-corrected chi connectivity index (χ2v) is 8.94. The van der Waals surface area contributed by atoms with E-state index in [-0.39, 0.29) is 23.1 Å². The quantitative estimate of drug-likeness (QED) is 0.782. The van der Waals surface area contributed by atoms with E-state index in [4.69, 9.17) is 9.15 Å². The van der Waals surface area contributed by atoms with Crippen LogP contribution in [0.3, 0.4) is 0 Å². The number of furan rings is 1. The average Bonchev–Trinajstić information content (AvgIpc) is 3.15. The van der Waals surface area contributed by atoms with Crippen LogP contribution in [0.5, 0.6) is 5.75 Å². The van der Waals surface area contributed by atoms with Crippen LogP contribution in [0.25, 0.3) is 0 Å². The summed E-state index contributed by atoms with van der Waals surface area (Å²) in [7, 11) is -0.955. The molecule has 27 heavy (non-hydrogen) atoms. The molecule has 0 bridgehead atoms. The van der Waals surface area contributed by atoms with Crippen LogP contribution in [0.2, 0.25) is 0 Å². The van der Waals surface area contributed by atoms with Crippen LogP contribution < -0.4 is 10.1 Å². The van der Waals surface area contributed by atoms with Gasteiger partial charge in [0, 0.05) is 25.6 Å². The van der Waals surface area contributed by atoms with Crippen molar-refractivity contribution in [1.29, 1.82) is 0 Å². The van der Waals surface area contributed by atoms with E-state index in [2.05, 4.69) is 12.2 Å². The summed E-state index contributed by atoms with van der Waals surface area (Å²) in [6.07, 6.45) is 1.11. The Hall–Kier alpha value is -2.32. The molecule has 1 N–H and O–H groups in total. The molecule has 0 spiro atoms. The minimum atomic E-state index is -3.85. The van der Waals surface area contributed by atoms with Gasteiger partial charge in [-0.25, -0.2) is 8.42 Å². The van der Waals surface area contributed by atoms with Crippen molar-refractivity contribution in [3.8, 4) is 5.75 Å². The third kappa shape index (κ3) is 4.17. The Balaban J connectivity index is 1.83. The molecule has 2 aromatic rings. The number of nitrogens with one attached hydrogen (secondary N) is 1. The lowest BCUT2D eigenvalue weighted by molar-refractivity contribution is -0.114. The normalized spacial score (nSPS) is 19.1. The summed E-state index contributed by atoms with van der Waals surface area (Å²) in [5.41, 5.74) is 0.387. The number of ether oxygens (including phenoxy) is 1. The minimum Gasteiger partial charge on any atom is -0.495 e. The van der Waals surface area contributed by atoms with Gasteiger partial charge in [-0.15, -0.1) is 0 Å². The molecule has 1 aromatic carbocycles. The van der Waals surface area contributed by atoms with Crippen molar-refractivity contribution < 1.29 is 22.4 Å². The topological polar surface area (TPSA) is 88.8 Å². The largest absolute Gasteiger partial charge is 0.495 e. The SMILES string of the molecule is COc1ccc(NC(C)=O)cc1S(=O)(=O)N(C)Cc1ccc(C2CC2C)o1. The van der Waals surface area contributed by atoms with Crippen molar-refractivity contribution in [1.82, 2.24) is 4.31 Å². The smallest absolute Gasteiger partial charge is 0.246 e. The molecule has 1 fully saturated rings. The van der Waals surface area contributed by atoms with Crippen LogP contribution in [0, 0.1) is 5.92 Å². The number of hydrogen-bond acceptors (Lipinski definition) is 5. The fourth-order valence-corrected chi connectivity index (χ4v) is 4.34. The molecule has 2 atom stereocenters. The van der Waals surface area contributed by atoms with Gasteiger partial charge in [0.1, 0.15) is 22.2 Å². The number of carbonyl (C=O) groups is 1. The molecule has 2 unspecified atom stereocenters. The highest BCUT2D eigenvalue weighted by molar-refractivity contribution is 7.89. The van der Waals surface area contributed by atoms with Crippen molar-refractivity contribution in [3.63, 3.8) is 0 Å². The molecule has 146 valence electrons. The maximum absolute atomic E-state index is 13.1. The maximum Gasteiger partial charge on any atom is 0.246 e. The number of amides is 1. The fourth-order valence-electron chi connectivity index (χ4n) is 3.03. The summed E-state index contributed by atoms with van der Waals surface area (Å²) in [6.45, 7) is 3.63. The molecule has 1 aliphatic rings. The molecule has 0 saturated heterocycles. The van der Waals surface area contributed by atoms with Gasteiger partial charge in [-0.05, 0) is 42.7 Å². The van der Waals surface area contributed by atoms with Gasteiger partial charge in [-0.2, -0.15) is 4.31 Å². The zero-order valence-corrected chi connectivity index (χ0v) is 16.7. The first-order valence-corrected chi connectivity index (χ1v) is 10.2. The van der Waals surface area contributed by atoms with Crippen LogP contribution in [0.15, 0.2) is 39.6 Å². The fraction of sp³-hybridized carbons (Fsp3) is 0.421. The van der Waals surface area contributed by atoms with Gasteiger partial charge in [0.15, 0.2) is 0 Å². The van der Waals surface area contributed by atoms with E-state index in [0.29, 0.717) is 23.3 Å². The molecule has 7 nitrogen and oxygen atoms in total. The molecule has 1 amide bonds. The molecule has 3 rings (SSSR count). The molecule has 0 aliphatic heterocycles. The van der Waals surface area contributed by atoms with Gasteiger partial charge in [0.05, 0.1) is 13.7 Å². The van der Waals surface area contributed by atoms with Gasteiger partial charge < -0.3 is 14.5 Å². The van der Waals surface area contributed by atoms with E-state index in [9.17, 15) is 13.2 Å². The summed E-state index contributed by atoms with van der Waals surface area (Å²) < 4.78 is 38.3. The van der Waals surface area contributed by atoms with Crippen LogP contribution in [0.4, 0.5) is 5.69 Å². The lowest BCUT2D eigenvalue weighted by Crippen LogP contribution is -2.27. The zero-order chi connectivity index (χ0) is 19.8. The highest BCUT2D eigenvalue weighted by atomic mass is 32.2. The maximum atomic E-state index is 13.1. The minimum absolute atomic E-state index is 0.0126. The zero-order valence-electron chi connectivity index (χ0n) is 15.9. The predicted molar refractivity (Wildman–Crippen MR) is 101 cm³/mol. The summed E-state index contributed by atoms with van der Waals surface area (Å²) >= 11 is 0. The van der Waals surface area contributed by atoms with E-state index < -0.39 is 10.0 Å². The number of methoxy groups -OCH3 is 1. The van der Waals surface area contributed by atoms with Gasteiger partial charge in [-0.3, -0.25) is 4.79 Å². The second-order valence-electron chi connectivity index (χ2n) is 6.93. The van der Waals surface area contributed by atoms with Gasteiger partial charge in [0.25, 0.3) is 0 Å². The van der Waals surface area contributed by atoms with Gasteiger partial charge >= 0.3 is 0 Å². The Kier molecular flexibility index (Phi) is 5.30. The lowest BCUT2D eigenvalue weighted by atomic mass is 10.3. The van der Waals surface area contributed by atoms with Crippen molar-refractivity contribution in [2.24, 2.45) is 5.92 Å². The third-order valence-electron chi connectivity index (χ3n) is 4.71. The summed E-state index contributed by atoms with van der Waals surface area (Å²) in [5, 5.41) is 2.59. The lowest BCUT2D eigenvalue weighted by Gasteiger charge is -2.18. The Morgan fingerprint density at radius 3 is 2.63 bits per heavy atom. The van der Waals surface area contributed by atoms with E-state index in [1.807, 2.05) is 12.1 Å². The molecule has 1 saturated carbocycles. The van der Waals surface area contributed by atoms with E-state index in [0.717, 1.165) is 12.2 Å². The number of nitrogens with zero attached hydrogens (tertiary/aromatic N) is 1. The van der Waals surface area contributed by atoms with Crippen LogP contribution >= 0.6 is 0 Å². The van der Waals surface area contributed by atoms with Crippen molar-refractivity contribution >= 4 is 21.6 Å². The van der Waals surface area contributed by atoms with Gasteiger partial charge in [0.2, 0.25) is 15.9 Å². The molecule has 1 aliphatic carbocycles. The van der Waals surface area contributed by atoms with Crippen LogP contribution in [-0.2, 0) is 21.4 Å². The molecular formula is C19H24N2O5S. The van der Waals surface area contributed by atoms with E-state index in [1.165, 1.54) is 37.5 Å². The van der Waals surface area contributed by atoms with Gasteiger partial charge in [-0.1, -0.05) is 6.92 Å². The standard InChI is InChI=1S/C19H24N2O5S/c1-12-9-16(12)17-8-6-15(26-17)11-21(3)27(23,24)19-10-14(20-13(2)22)5-7-18(19)25-4/h5-8,10,12,16H,9,11H2,1-4H3,(H,20,22). The summed E-state index contributed by atoms with van der Waals surface area (Å²) in [4.78, 5) is 11.3. The van der Waals surface area contributed by atoms with E-state index in [1.54, 1.807) is 6.07 Å². The first-order valence-electron chi connectivity index (χ1n) is 8.73. The van der Waals surface area contributed by atoms with E-state index >= 15 is 0 Å². The highest BCUT2D eigenvalue weighted by Crippen LogP contribution is 2.47. The van der Waals surface area contributed by atoms with Crippen LogP contribution in [-0.4, -0.2) is 32.8 Å². The first-order chi connectivity index (χ1) is 12.7. The molecule has 1 aromatic heterocycles. The average molecular weight is 392 g/mol. The molecule has 8 heteroatoms. The van der Waals surface area contributed by atoms with Crippen molar-refractivity contribution in [3.05, 3.63) is 41.9 Å². The highest BCUT2D eigenvalue weighted by Gasteiger charge is 2.36. The summed E-state index contributed by atoms with van der Waals surface area (Å²) in [5.74, 6) is 2.49. The number of benzene rings is 1.